The monoisotopic (exact) mass is 412 g/mol. The van der Waals surface area contributed by atoms with Crippen molar-refractivity contribution >= 4 is 12.2 Å². The second-order valence-corrected chi connectivity index (χ2v) is 7.53. The molecule has 160 valence electrons. The first-order valence-corrected chi connectivity index (χ1v) is 9.75. The summed E-state index contributed by atoms with van der Waals surface area (Å²) >= 11 is 0. The fourth-order valence-corrected chi connectivity index (χ4v) is 3.35. The lowest BCUT2D eigenvalue weighted by atomic mass is 10.0. The summed E-state index contributed by atoms with van der Waals surface area (Å²) in [5.74, 6) is 0.330. The molecule has 1 heterocycles. The van der Waals surface area contributed by atoms with Crippen LogP contribution in [0.5, 0.6) is 23.0 Å². The summed E-state index contributed by atoms with van der Waals surface area (Å²) in [6.45, 7) is 3.78. The Morgan fingerprint density at radius 1 is 0.833 bits per heavy atom. The number of hydrogen-bond acceptors (Lipinski definition) is 6. The maximum Gasteiger partial charge on any atom is 0.164 e. The van der Waals surface area contributed by atoms with Gasteiger partial charge in [0.25, 0.3) is 0 Å². The lowest BCUT2D eigenvalue weighted by molar-refractivity contribution is -0.280. The van der Waals surface area contributed by atoms with Crippen LogP contribution in [0, 0.1) is 0 Å². The minimum atomic E-state index is -0.735. The first-order chi connectivity index (χ1) is 14.3. The van der Waals surface area contributed by atoms with Gasteiger partial charge in [0.05, 0.1) is 26.4 Å². The highest BCUT2D eigenvalue weighted by molar-refractivity contribution is 5.57. The van der Waals surface area contributed by atoms with Crippen LogP contribution in [0.25, 0.3) is 12.2 Å². The van der Waals surface area contributed by atoms with Gasteiger partial charge in [0.15, 0.2) is 28.8 Å². The summed E-state index contributed by atoms with van der Waals surface area (Å²) in [6, 6.07) is 10.4. The highest BCUT2D eigenvalue weighted by Gasteiger charge is 2.33. The van der Waals surface area contributed by atoms with Crippen LogP contribution in [-0.2, 0) is 9.47 Å². The van der Waals surface area contributed by atoms with Gasteiger partial charge in [0, 0.05) is 6.42 Å². The summed E-state index contributed by atoms with van der Waals surface area (Å²) in [5.41, 5.74) is 1.81. The van der Waals surface area contributed by atoms with Crippen molar-refractivity contribution in [1.29, 1.82) is 0 Å². The first kappa shape index (κ1) is 21.7. The molecule has 0 radical (unpaired) electrons. The highest BCUT2D eigenvalue weighted by Crippen LogP contribution is 2.31. The molecule has 1 aliphatic rings. The van der Waals surface area contributed by atoms with Gasteiger partial charge >= 0.3 is 0 Å². The van der Waals surface area contributed by atoms with Crippen molar-refractivity contribution in [2.24, 2.45) is 0 Å². The molecule has 6 nitrogen and oxygen atoms in total. The largest absolute Gasteiger partial charge is 0.504 e. The molecule has 1 fully saturated rings. The van der Waals surface area contributed by atoms with E-state index in [9.17, 15) is 10.2 Å². The molecule has 0 aromatic heterocycles. The second-order valence-electron chi connectivity index (χ2n) is 7.53. The molecule has 2 aromatic carbocycles. The van der Waals surface area contributed by atoms with E-state index in [1.165, 1.54) is 14.2 Å². The van der Waals surface area contributed by atoms with E-state index in [0.29, 0.717) is 17.9 Å². The Morgan fingerprint density at radius 3 is 1.67 bits per heavy atom. The summed E-state index contributed by atoms with van der Waals surface area (Å²) < 4.78 is 22.4. The molecule has 2 unspecified atom stereocenters. The summed E-state index contributed by atoms with van der Waals surface area (Å²) in [7, 11) is 3.04. The quantitative estimate of drug-likeness (QED) is 0.713. The van der Waals surface area contributed by atoms with Crippen molar-refractivity contribution in [2.75, 3.05) is 14.2 Å². The Labute approximate surface area is 177 Å². The average Bonchev–Trinajstić information content (AvgIpc) is 2.71. The molecule has 3 rings (SSSR count). The number of rotatable bonds is 6. The summed E-state index contributed by atoms with van der Waals surface area (Å²) in [4.78, 5) is 0. The van der Waals surface area contributed by atoms with Crippen LogP contribution in [0.3, 0.4) is 0 Å². The first-order valence-electron chi connectivity index (χ1n) is 9.75. The van der Waals surface area contributed by atoms with Crippen LogP contribution in [-0.4, -0.2) is 42.4 Å². The molecule has 0 amide bonds. The van der Waals surface area contributed by atoms with Crippen LogP contribution >= 0.6 is 0 Å². The fraction of sp³-hybridized carbons (Fsp3) is 0.333. The number of benzene rings is 2. The maximum absolute atomic E-state index is 9.74. The zero-order chi connectivity index (χ0) is 21.7. The third-order valence-corrected chi connectivity index (χ3v) is 4.75. The molecule has 6 heteroatoms. The molecule has 1 saturated heterocycles. The SMILES string of the molecule is COc1cc(/C=C/C2CC(/C=C/c3ccc(O)c(OC)c3)OC(C)(C)O2)ccc1O. The third kappa shape index (κ3) is 5.55. The predicted octanol–water partition coefficient (Wildman–Crippen LogP) is 4.75. The number of phenolic OH excluding ortho intramolecular Hbond substituents is 2. The van der Waals surface area contributed by atoms with Gasteiger partial charge in [0.2, 0.25) is 0 Å². The Morgan fingerprint density at radius 2 is 1.27 bits per heavy atom. The zero-order valence-corrected chi connectivity index (χ0v) is 17.7. The molecular weight excluding hydrogens is 384 g/mol. The molecule has 2 aromatic rings. The number of phenols is 2. The molecule has 2 N–H and O–H groups in total. The Hall–Kier alpha value is -2.96. The van der Waals surface area contributed by atoms with Crippen LogP contribution in [0.2, 0.25) is 0 Å². The van der Waals surface area contributed by atoms with E-state index in [2.05, 4.69) is 0 Å². The third-order valence-electron chi connectivity index (χ3n) is 4.75. The summed E-state index contributed by atoms with van der Waals surface area (Å²) in [6.07, 6.45) is 8.23. The Bertz CT molecular complexity index is 858. The molecule has 0 bridgehead atoms. The normalized spacial score (nSPS) is 21.2. The van der Waals surface area contributed by atoms with E-state index in [0.717, 1.165) is 11.1 Å². The van der Waals surface area contributed by atoms with Crippen molar-refractivity contribution in [3.8, 4) is 23.0 Å². The fourth-order valence-electron chi connectivity index (χ4n) is 3.35. The molecule has 30 heavy (non-hydrogen) atoms. The number of ether oxygens (including phenoxy) is 4. The zero-order valence-electron chi connectivity index (χ0n) is 17.7. The predicted molar refractivity (Wildman–Crippen MR) is 116 cm³/mol. The van der Waals surface area contributed by atoms with E-state index in [1.807, 2.05) is 50.3 Å². The van der Waals surface area contributed by atoms with E-state index >= 15 is 0 Å². The Kier molecular flexibility index (Phi) is 6.70. The standard InChI is InChI=1S/C24H28O6/c1-24(2)29-18(9-5-16-7-11-20(25)22(13-16)27-3)15-19(30-24)10-6-17-8-12-21(26)23(14-17)28-4/h5-14,18-19,25-26H,15H2,1-4H3/b9-5+,10-6+. The van der Waals surface area contributed by atoms with Gasteiger partial charge in [-0.3, -0.25) is 0 Å². The lowest BCUT2D eigenvalue weighted by Gasteiger charge is -2.39. The average molecular weight is 412 g/mol. The van der Waals surface area contributed by atoms with Gasteiger partial charge in [0.1, 0.15) is 0 Å². The molecule has 0 saturated carbocycles. The van der Waals surface area contributed by atoms with Gasteiger partial charge in [-0.1, -0.05) is 36.4 Å². The van der Waals surface area contributed by atoms with Gasteiger partial charge in [-0.05, 0) is 49.2 Å². The maximum atomic E-state index is 9.74. The van der Waals surface area contributed by atoms with E-state index in [1.54, 1.807) is 24.3 Å². The van der Waals surface area contributed by atoms with Crippen molar-refractivity contribution in [1.82, 2.24) is 0 Å². The van der Waals surface area contributed by atoms with Crippen molar-refractivity contribution in [3.05, 3.63) is 59.7 Å². The van der Waals surface area contributed by atoms with Gasteiger partial charge < -0.3 is 29.2 Å². The number of aromatic hydroxyl groups is 2. The van der Waals surface area contributed by atoms with E-state index in [4.69, 9.17) is 18.9 Å². The van der Waals surface area contributed by atoms with Crippen molar-refractivity contribution in [3.63, 3.8) is 0 Å². The van der Waals surface area contributed by atoms with Crippen LogP contribution in [0.1, 0.15) is 31.4 Å². The minimum Gasteiger partial charge on any atom is -0.504 e. The number of hydrogen-bond donors (Lipinski definition) is 2. The van der Waals surface area contributed by atoms with Gasteiger partial charge in [-0.25, -0.2) is 0 Å². The Balaban J connectivity index is 1.72. The van der Waals surface area contributed by atoms with E-state index in [-0.39, 0.29) is 23.7 Å². The summed E-state index contributed by atoms with van der Waals surface area (Å²) in [5, 5.41) is 19.5. The van der Waals surface area contributed by atoms with Crippen LogP contribution < -0.4 is 9.47 Å². The molecule has 0 spiro atoms. The van der Waals surface area contributed by atoms with Crippen molar-refractivity contribution < 1.29 is 29.2 Å². The second kappa shape index (κ2) is 9.24. The smallest absolute Gasteiger partial charge is 0.164 e. The molecule has 0 aliphatic carbocycles. The lowest BCUT2D eigenvalue weighted by Crippen LogP contribution is -2.43. The highest BCUT2D eigenvalue weighted by atomic mass is 16.7. The topological polar surface area (TPSA) is 77.4 Å². The molecule has 2 atom stereocenters. The van der Waals surface area contributed by atoms with Crippen LogP contribution in [0.4, 0.5) is 0 Å². The molecular formula is C24H28O6. The van der Waals surface area contributed by atoms with Crippen molar-refractivity contribution in [2.45, 2.75) is 38.3 Å². The van der Waals surface area contributed by atoms with E-state index < -0.39 is 5.79 Å². The number of methoxy groups -OCH3 is 2. The van der Waals surface area contributed by atoms with Crippen LogP contribution in [0.15, 0.2) is 48.6 Å². The molecule has 1 aliphatic heterocycles. The van der Waals surface area contributed by atoms with Gasteiger partial charge in [-0.2, -0.15) is 0 Å². The minimum absolute atomic E-state index is 0.106. The van der Waals surface area contributed by atoms with Gasteiger partial charge in [-0.15, -0.1) is 0 Å².